The van der Waals surface area contributed by atoms with Gasteiger partial charge in [-0.3, -0.25) is 0 Å². The minimum absolute atomic E-state index is 0.0771. The molecule has 0 bridgehead atoms. The van der Waals surface area contributed by atoms with E-state index in [1.165, 1.54) is 4.90 Å². The maximum absolute atomic E-state index is 13.7. The van der Waals surface area contributed by atoms with Gasteiger partial charge >= 0.3 is 6.09 Å². The van der Waals surface area contributed by atoms with Gasteiger partial charge in [0.25, 0.3) is 0 Å². The molecule has 3 atom stereocenters. The van der Waals surface area contributed by atoms with Gasteiger partial charge < -0.3 is 15.4 Å². The van der Waals surface area contributed by atoms with E-state index in [2.05, 4.69) is 0 Å². The average Bonchev–Trinajstić information content (AvgIpc) is 2.43. The van der Waals surface area contributed by atoms with Gasteiger partial charge in [0.05, 0.1) is 6.54 Å². The van der Waals surface area contributed by atoms with E-state index in [1.807, 2.05) is 0 Å². The molecule has 1 aliphatic carbocycles. The zero-order chi connectivity index (χ0) is 11.4. The lowest BCUT2D eigenvalue weighted by Crippen LogP contribution is -2.40. The number of carbonyl (C=O) groups excluding carboxylic acids is 1. The molecular formula is C10H17FN2O2. The summed E-state index contributed by atoms with van der Waals surface area (Å²) in [6.07, 6.45) is -0.445. The second-order valence-corrected chi connectivity index (χ2v) is 5.42. The van der Waals surface area contributed by atoms with Crippen LogP contribution in [0.2, 0.25) is 0 Å². The zero-order valence-electron chi connectivity index (χ0n) is 9.29. The highest BCUT2D eigenvalue weighted by Crippen LogP contribution is 2.51. The van der Waals surface area contributed by atoms with E-state index in [9.17, 15) is 9.18 Å². The first-order valence-corrected chi connectivity index (χ1v) is 5.16. The monoisotopic (exact) mass is 216 g/mol. The Balaban J connectivity index is 1.91. The van der Waals surface area contributed by atoms with Crippen LogP contribution in [0.1, 0.15) is 20.8 Å². The molecule has 86 valence electrons. The SMILES string of the molecule is CC(C)(C)OC(=O)N1CC2C(N)C2(F)C1. The van der Waals surface area contributed by atoms with Crippen molar-refractivity contribution in [3.63, 3.8) is 0 Å². The molecule has 3 unspecified atom stereocenters. The Morgan fingerprint density at radius 3 is 2.60 bits per heavy atom. The van der Waals surface area contributed by atoms with E-state index in [-0.39, 0.29) is 12.5 Å². The zero-order valence-corrected chi connectivity index (χ0v) is 9.29. The number of hydrogen-bond donors (Lipinski definition) is 1. The van der Waals surface area contributed by atoms with Crippen LogP contribution in [0.25, 0.3) is 0 Å². The second kappa shape index (κ2) is 2.84. The van der Waals surface area contributed by atoms with Crippen LogP contribution in [-0.2, 0) is 4.74 Å². The summed E-state index contributed by atoms with van der Waals surface area (Å²) in [6, 6.07) is -0.392. The van der Waals surface area contributed by atoms with Crippen molar-refractivity contribution in [2.24, 2.45) is 11.7 Å². The van der Waals surface area contributed by atoms with Gasteiger partial charge in [0.2, 0.25) is 0 Å². The maximum atomic E-state index is 13.7. The molecule has 4 nitrogen and oxygen atoms in total. The van der Waals surface area contributed by atoms with E-state index < -0.39 is 23.4 Å². The van der Waals surface area contributed by atoms with Crippen LogP contribution in [0.3, 0.4) is 0 Å². The molecule has 2 rings (SSSR count). The third kappa shape index (κ3) is 1.69. The molecule has 1 saturated carbocycles. The van der Waals surface area contributed by atoms with Crippen LogP contribution in [0.5, 0.6) is 0 Å². The summed E-state index contributed by atoms with van der Waals surface area (Å²) in [6.45, 7) is 5.83. The molecule has 0 aromatic carbocycles. The minimum atomic E-state index is -1.35. The largest absolute Gasteiger partial charge is 0.444 e. The van der Waals surface area contributed by atoms with E-state index in [4.69, 9.17) is 10.5 Å². The predicted octanol–water partition coefficient (Wildman–Crippen LogP) is 0.903. The molecule has 1 saturated heterocycles. The lowest BCUT2D eigenvalue weighted by atomic mass is 10.2. The number of rotatable bonds is 0. The van der Waals surface area contributed by atoms with Crippen molar-refractivity contribution < 1.29 is 13.9 Å². The number of fused-ring (bicyclic) bond motifs is 1. The number of ether oxygens (including phenoxy) is 1. The Hall–Kier alpha value is -0.840. The van der Waals surface area contributed by atoms with Crippen LogP contribution in [0.4, 0.5) is 9.18 Å². The fourth-order valence-electron chi connectivity index (χ4n) is 2.06. The average molecular weight is 216 g/mol. The number of hydrogen-bond acceptors (Lipinski definition) is 3. The van der Waals surface area contributed by atoms with E-state index in [1.54, 1.807) is 20.8 Å². The van der Waals surface area contributed by atoms with Crippen LogP contribution >= 0.6 is 0 Å². The van der Waals surface area contributed by atoms with Gasteiger partial charge in [0.15, 0.2) is 0 Å². The Morgan fingerprint density at radius 1 is 1.60 bits per heavy atom. The normalized spacial score (nSPS) is 38.9. The Morgan fingerprint density at radius 2 is 2.20 bits per heavy atom. The number of alkyl halides is 1. The molecule has 1 aliphatic heterocycles. The molecule has 0 aromatic rings. The second-order valence-electron chi connectivity index (χ2n) is 5.42. The molecule has 2 N–H and O–H groups in total. The summed E-state index contributed by atoms with van der Waals surface area (Å²) in [4.78, 5) is 13.0. The van der Waals surface area contributed by atoms with Crippen molar-refractivity contribution in [2.75, 3.05) is 13.1 Å². The number of amides is 1. The van der Waals surface area contributed by atoms with E-state index in [0.717, 1.165) is 0 Å². The predicted molar refractivity (Wildman–Crippen MR) is 53.1 cm³/mol. The summed E-state index contributed by atoms with van der Waals surface area (Å²) >= 11 is 0. The molecule has 1 heterocycles. The number of piperidine rings is 1. The number of carbonyl (C=O) groups is 1. The van der Waals surface area contributed by atoms with Gasteiger partial charge in [-0.05, 0) is 20.8 Å². The summed E-state index contributed by atoms with van der Waals surface area (Å²) in [5.74, 6) is -0.190. The molecule has 2 aliphatic rings. The van der Waals surface area contributed by atoms with Gasteiger partial charge in [0, 0.05) is 18.5 Å². The Bertz CT molecular complexity index is 302. The molecule has 2 fully saturated rings. The smallest absolute Gasteiger partial charge is 0.410 e. The molecule has 1 amide bonds. The van der Waals surface area contributed by atoms with Crippen molar-refractivity contribution >= 4 is 6.09 Å². The topological polar surface area (TPSA) is 55.6 Å². The summed E-state index contributed by atoms with van der Waals surface area (Å²) in [5.41, 5.74) is 3.66. The van der Waals surface area contributed by atoms with E-state index in [0.29, 0.717) is 6.54 Å². The molecule has 5 heteroatoms. The Kier molecular flexibility index (Phi) is 2.02. The van der Waals surface area contributed by atoms with Crippen molar-refractivity contribution in [2.45, 2.75) is 38.1 Å². The van der Waals surface area contributed by atoms with Crippen molar-refractivity contribution in [3.8, 4) is 0 Å². The van der Waals surface area contributed by atoms with Crippen molar-refractivity contribution in [1.82, 2.24) is 4.90 Å². The van der Waals surface area contributed by atoms with Crippen LogP contribution < -0.4 is 5.73 Å². The first-order valence-electron chi connectivity index (χ1n) is 5.16. The van der Waals surface area contributed by atoms with Crippen molar-refractivity contribution in [1.29, 1.82) is 0 Å². The summed E-state index contributed by atoms with van der Waals surface area (Å²) in [5, 5.41) is 0. The van der Waals surface area contributed by atoms with Gasteiger partial charge in [-0.2, -0.15) is 0 Å². The van der Waals surface area contributed by atoms with Gasteiger partial charge in [-0.15, -0.1) is 0 Å². The quantitative estimate of drug-likeness (QED) is 0.654. The lowest BCUT2D eigenvalue weighted by molar-refractivity contribution is 0.0249. The van der Waals surface area contributed by atoms with Crippen molar-refractivity contribution in [3.05, 3.63) is 0 Å². The van der Waals surface area contributed by atoms with E-state index >= 15 is 0 Å². The fraction of sp³-hybridized carbons (Fsp3) is 0.900. The van der Waals surface area contributed by atoms with Gasteiger partial charge in [-0.25, -0.2) is 9.18 Å². The number of likely N-dealkylation sites (tertiary alicyclic amines) is 1. The number of nitrogens with two attached hydrogens (primary N) is 1. The fourth-order valence-corrected chi connectivity index (χ4v) is 2.06. The molecule has 15 heavy (non-hydrogen) atoms. The summed E-state index contributed by atoms with van der Waals surface area (Å²) < 4.78 is 18.9. The minimum Gasteiger partial charge on any atom is -0.444 e. The maximum Gasteiger partial charge on any atom is 0.410 e. The number of halogens is 1. The molecular weight excluding hydrogens is 199 g/mol. The standard InChI is InChI=1S/C10H17FN2O2/c1-9(2,3)15-8(14)13-4-6-7(12)10(6,11)5-13/h6-7H,4-5,12H2,1-3H3. The van der Waals surface area contributed by atoms with Crippen LogP contribution in [0, 0.1) is 5.92 Å². The molecule has 0 aromatic heterocycles. The highest BCUT2D eigenvalue weighted by molar-refractivity contribution is 5.69. The molecule has 0 radical (unpaired) electrons. The summed E-state index contributed by atoms with van der Waals surface area (Å²) in [7, 11) is 0. The third-order valence-corrected chi connectivity index (χ3v) is 3.00. The highest BCUT2D eigenvalue weighted by atomic mass is 19.1. The van der Waals surface area contributed by atoms with Gasteiger partial charge in [-0.1, -0.05) is 0 Å². The molecule has 0 spiro atoms. The third-order valence-electron chi connectivity index (χ3n) is 3.00. The van der Waals surface area contributed by atoms with Crippen LogP contribution in [-0.4, -0.2) is 41.4 Å². The Labute approximate surface area is 88.6 Å². The lowest BCUT2D eigenvalue weighted by Gasteiger charge is -2.25. The highest BCUT2D eigenvalue weighted by Gasteiger charge is 2.70. The first-order chi connectivity index (χ1) is 6.74. The van der Waals surface area contributed by atoms with Gasteiger partial charge in [0.1, 0.15) is 11.3 Å². The van der Waals surface area contributed by atoms with Crippen LogP contribution in [0.15, 0.2) is 0 Å². The first kappa shape index (κ1) is 10.7. The number of nitrogens with zero attached hydrogens (tertiary/aromatic N) is 1.